The van der Waals surface area contributed by atoms with Gasteiger partial charge in [0.25, 0.3) is 5.69 Å². The molecule has 1 saturated heterocycles. The molecule has 1 unspecified atom stereocenters. The number of methoxy groups -OCH3 is 1. The number of morpholine rings is 1. The molecule has 0 saturated carbocycles. The minimum absolute atomic E-state index is 0.103. The van der Waals surface area contributed by atoms with Gasteiger partial charge in [-0.3, -0.25) is 15.5 Å². The van der Waals surface area contributed by atoms with Crippen molar-refractivity contribution in [2.75, 3.05) is 32.1 Å². The van der Waals surface area contributed by atoms with Gasteiger partial charge in [0.2, 0.25) is 0 Å². The highest BCUT2D eigenvalue weighted by molar-refractivity contribution is 5.92. The molecule has 0 amide bonds. The van der Waals surface area contributed by atoms with Crippen LogP contribution in [-0.2, 0) is 4.74 Å². The third-order valence-corrected chi connectivity index (χ3v) is 3.09. The van der Waals surface area contributed by atoms with Crippen LogP contribution in [0.15, 0.2) is 12.1 Å². The van der Waals surface area contributed by atoms with Crippen LogP contribution in [-0.4, -0.2) is 37.7 Å². The largest absolute Gasteiger partial charge is 0.495 e. The summed E-state index contributed by atoms with van der Waals surface area (Å²) in [4.78, 5) is 10.8. The van der Waals surface area contributed by atoms with E-state index in [0.29, 0.717) is 31.0 Å². The highest BCUT2D eigenvalue weighted by atomic mass is 16.6. The highest BCUT2D eigenvalue weighted by Crippen LogP contribution is 2.37. The number of nitrogens with zero attached hydrogens (tertiary/aromatic N) is 1. The monoisotopic (exact) mass is 295 g/mol. The number of nitrogens with two attached hydrogens (primary N) is 1. The summed E-state index contributed by atoms with van der Waals surface area (Å²) in [6.07, 6.45) is -0.417. The summed E-state index contributed by atoms with van der Waals surface area (Å²) in [6.45, 7) is 1.69. The van der Waals surface area contributed by atoms with Gasteiger partial charge in [0.1, 0.15) is 11.9 Å². The number of hydrogen-bond acceptors (Lipinski definition) is 6. The van der Waals surface area contributed by atoms with Gasteiger partial charge in [0.05, 0.1) is 29.9 Å². The van der Waals surface area contributed by atoms with E-state index in [0.717, 1.165) is 0 Å². The Bertz CT molecular complexity index is 557. The normalized spacial score (nSPS) is 18.0. The number of ether oxygens (including phenoxy) is 2. The van der Waals surface area contributed by atoms with Gasteiger partial charge in [-0.05, 0) is 6.07 Å². The Kier molecular flexibility index (Phi) is 4.55. The Morgan fingerprint density at radius 1 is 1.67 bits per heavy atom. The summed E-state index contributed by atoms with van der Waals surface area (Å²) >= 11 is 0. The van der Waals surface area contributed by atoms with E-state index in [1.807, 2.05) is 0 Å². The second-order valence-corrected chi connectivity index (χ2v) is 4.47. The van der Waals surface area contributed by atoms with Gasteiger partial charge in [-0.2, -0.15) is 0 Å². The second-order valence-electron chi connectivity index (χ2n) is 4.47. The zero-order chi connectivity index (χ0) is 15.4. The van der Waals surface area contributed by atoms with E-state index in [2.05, 4.69) is 10.6 Å². The second kappa shape index (κ2) is 6.37. The molecule has 1 atom stereocenters. The predicted molar refractivity (Wildman–Crippen MR) is 76.7 cm³/mol. The molecule has 5 N–H and O–H groups in total. The number of nitro groups is 1. The molecule has 0 radical (unpaired) electrons. The van der Waals surface area contributed by atoms with Gasteiger partial charge < -0.3 is 25.8 Å². The van der Waals surface area contributed by atoms with E-state index < -0.39 is 11.0 Å². The van der Waals surface area contributed by atoms with Crippen molar-refractivity contribution in [2.24, 2.45) is 5.73 Å². The molecule has 1 aliphatic heterocycles. The Balaban J connectivity index is 2.47. The number of nitro benzene ring substituents is 1. The lowest BCUT2D eigenvalue weighted by Crippen LogP contribution is -2.33. The minimum atomic E-state index is -0.488. The molecular formula is C12H17N5O4. The van der Waals surface area contributed by atoms with E-state index in [1.54, 1.807) is 6.07 Å². The maximum Gasteiger partial charge on any atom is 0.277 e. The maximum atomic E-state index is 11.3. The van der Waals surface area contributed by atoms with Crippen molar-refractivity contribution in [3.63, 3.8) is 0 Å². The van der Waals surface area contributed by atoms with Crippen molar-refractivity contribution < 1.29 is 14.4 Å². The van der Waals surface area contributed by atoms with E-state index >= 15 is 0 Å². The van der Waals surface area contributed by atoms with E-state index in [1.165, 1.54) is 13.2 Å². The van der Waals surface area contributed by atoms with Crippen LogP contribution in [0.1, 0.15) is 11.7 Å². The fourth-order valence-corrected chi connectivity index (χ4v) is 2.18. The number of nitrogens with one attached hydrogen (secondary N) is 3. The molecule has 1 heterocycles. The molecule has 0 bridgehead atoms. The number of guanidine groups is 1. The fourth-order valence-electron chi connectivity index (χ4n) is 2.18. The summed E-state index contributed by atoms with van der Waals surface area (Å²) in [5.74, 6) is 0.0332. The molecule has 2 rings (SSSR count). The first-order valence-corrected chi connectivity index (χ1v) is 6.32. The highest BCUT2D eigenvalue weighted by Gasteiger charge is 2.27. The van der Waals surface area contributed by atoms with Crippen molar-refractivity contribution >= 4 is 17.3 Å². The van der Waals surface area contributed by atoms with E-state index in [-0.39, 0.29) is 17.3 Å². The van der Waals surface area contributed by atoms with Crippen LogP contribution in [0, 0.1) is 15.5 Å². The van der Waals surface area contributed by atoms with Crippen molar-refractivity contribution in [3.05, 3.63) is 27.8 Å². The average Bonchev–Trinajstić information content (AvgIpc) is 2.47. The van der Waals surface area contributed by atoms with Crippen LogP contribution in [0.3, 0.4) is 0 Å². The minimum Gasteiger partial charge on any atom is -0.495 e. The first kappa shape index (κ1) is 15.0. The van der Waals surface area contributed by atoms with Crippen LogP contribution >= 0.6 is 0 Å². The molecule has 0 aliphatic carbocycles. The first-order chi connectivity index (χ1) is 10.0. The molecule has 0 spiro atoms. The van der Waals surface area contributed by atoms with Crippen molar-refractivity contribution in [1.29, 1.82) is 5.41 Å². The molecule has 21 heavy (non-hydrogen) atoms. The number of hydrogen-bond donors (Lipinski definition) is 4. The van der Waals surface area contributed by atoms with Crippen LogP contribution in [0.4, 0.5) is 11.4 Å². The van der Waals surface area contributed by atoms with E-state index in [9.17, 15) is 10.1 Å². The van der Waals surface area contributed by atoms with E-state index in [4.69, 9.17) is 20.6 Å². The number of benzene rings is 1. The molecule has 0 aromatic heterocycles. The number of anilines is 1. The van der Waals surface area contributed by atoms with Crippen molar-refractivity contribution in [1.82, 2.24) is 5.32 Å². The van der Waals surface area contributed by atoms with Crippen LogP contribution < -0.4 is 21.1 Å². The quantitative estimate of drug-likeness (QED) is 0.276. The molecular weight excluding hydrogens is 278 g/mol. The summed E-state index contributed by atoms with van der Waals surface area (Å²) in [5, 5.41) is 24.2. The molecule has 1 aliphatic rings. The summed E-state index contributed by atoms with van der Waals surface area (Å²) in [6, 6.07) is 2.84. The van der Waals surface area contributed by atoms with Gasteiger partial charge in [0.15, 0.2) is 5.96 Å². The Labute approximate surface area is 121 Å². The summed E-state index contributed by atoms with van der Waals surface area (Å²) < 4.78 is 10.8. The SMILES string of the molecule is COc1cc(C2CNCCO2)c([N+](=O)[O-])cc1NC(=N)N. The Morgan fingerprint density at radius 3 is 2.95 bits per heavy atom. The lowest BCUT2D eigenvalue weighted by atomic mass is 10.0. The molecule has 9 heteroatoms. The lowest BCUT2D eigenvalue weighted by molar-refractivity contribution is -0.386. The third-order valence-electron chi connectivity index (χ3n) is 3.09. The maximum absolute atomic E-state index is 11.3. The van der Waals surface area contributed by atoms with Gasteiger partial charge in [-0.1, -0.05) is 0 Å². The van der Waals surface area contributed by atoms with Crippen LogP contribution in [0.5, 0.6) is 5.75 Å². The van der Waals surface area contributed by atoms with Crippen molar-refractivity contribution in [3.8, 4) is 5.75 Å². The standard InChI is InChI=1S/C12H17N5O4/c1-20-10-4-7(11-6-15-2-3-21-11)9(17(18)19)5-8(10)16-12(13)14/h4-5,11,15H,2-3,6H2,1H3,(H4,13,14,16). The Hall–Kier alpha value is -2.39. The third kappa shape index (κ3) is 3.38. The van der Waals surface area contributed by atoms with Gasteiger partial charge in [0, 0.05) is 19.2 Å². The molecule has 114 valence electrons. The van der Waals surface area contributed by atoms with Gasteiger partial charge >= 0.3 is 0 Å². The first-order valence-electron chi connectivity index (χ1n) is 6.32. The fraction of sp³-hybridized carbons (Fsp3) is 0.417. The zero-order valence-corrected chi connectivity index (χ0v) is 11.5. The average molecular weight is 295 g/mol. The smallest absolute Gasteiger partial charge is 0.277 e. The van der Waals surface area contributed by atoms with Gasteiger partial charge in [-0.25, -0.2) is 0 Å². The summed E-state index contributed by atoms with van der Waals surface area (Å²) in [5.41, 5.74) is 5.86. The van der Waals surface area contributed by atoms with Crippen molar-refractivity contribution in [2.45, 2.75) is 6.10 Å². The molecule has 9 nitrogen and oxygen atoms in total. The van der Waals surface area contributed by atoms with Gasteiger partial charge in [-0.15, -0.1) is 0 Å². The lowest BCUT2D eigenvalue weighted by Gasteiger charge is -2.24. The zero-order valence-electron chi connectivity index (χ0n) is 11.5. The Morgan fingerprint density at radius 2 is 2.43 bits per heavy atom. The van der Waals surface area contributed by atoms with Crippen LogP contribution in [0.25, 0.3) is 0 Å². The predicted octanol–water partition coefficient (Wildman–Crippen LogP) is 0.570. The summed E-state index contributed by atoms with van der Waals surface area (Å²) in [7, 11) is 1.44. The molecule has 1 fully saturated rings. The van der Waals surface area contributed by atoms with Crippen LogP contribution in [0.2, 0.25) is 0 Å². The molecule has 1 aromatic rings. The topological polar surface area (TPSA) is 136 Å². The number of rotatable bonds is 4. The molecule has 1 aromatic carbocycles.